The third-order valence-electron chi connectivity index (χ3n) is 7.02. The monoisotopic (exact) mass is 382 g/mol. The number of para-hydroxylation sites is 2. The molecule has 146 valence electrons. The van der Waals surface area contributed by atoms with Crippen LogP contribution in [-0.2, 0) is 5.41 Å². The van der Waals surface area contributed by atoms with Crippen molar-refractivity contribution in [2.75, 3.05) is 9.80 Å². The van der Waals surface area contributed by atoms with E-state index in [2.05, 4.69) is 97.8 Å². The lowest BCUT2D eigenvalue weighted by Crippen LogP contribution is -2.61. The Morgan fingerprint density at radius 1 is 0.897 bits per heavy atom. The number of benzene rings is 2. The Morgan fingerprint density at radius 2 is 1.52 bits per heavy atom. The van der Waals surface area contributed by atoms with Crippen LogP contribution in [0.2, 0.25) is 0 Å². The minimum absolute atomic E-state index is 0.0575. The van der Waals surface area contributed by atoms with Gasteiger partial charge in [-0.1, -0.05) is 63.2 Å². The van der Waals surface area contributed by atoms with Crippen LogP contribution >= 0.6 is 0 Å². The van der Waals surface area contributed by atoms with Gasteiger partial charge in [-0.3, -0.25) is 0 Å². The Hall–Kier alpha value is -3.14. The average molecular weight is 383 g/mol. The van der Waals surface area contributed by atoms with Crippen molar-refractivity contribution in [3.63, 3.8) is 0 Å². The summed E-state index contributed by atoms with van der Waals surface area (Å²) in [5.74, 6) is 1.83. The lowest BCUT2D eigenvalue weighted by Gasteiger charge is -2.57. The van der Waals surface area contributed by atoms with E-state index in [1.54, 1.807) is 12.4 Å². The number of allylic oxidation sites excluding steroid dienone is 1. The first-order valence-corrected chi connectivity index (χ1v) is 10.2. The highest BCUT2D eigenvalue weighted by Gasteiger charge is 2.59. The molecule has 1 aromatic heterocycles. The largest absolute Gasteiger partial charge is 0.301 e. The molecule has 0 radical (unpaired) electrons. The zero-order chi connectivity index (χ0) is 20.2. The van der Waals surface area contributed by atoms with Gasteiger partial charge < -0.3 is 9.80 Å². The van der Waals surface area contributed by atoms with E-state index in [0.29, 0.717) is 0 Å². The third kappa shape index (κ3) is 2.26. The van der Waals surface area contributed by atoms with Crippen molar-refractivity contribution in [2.24, 2.45) is 5.41 Å². The van der Waals surface area contributed by atoms with Crippen LogP contribution < -0.4 is 9.80 Å². The Labute approximate surface area is 172 Å². The van der Waals surface area contributed by atoms with Gasteiger partial charge in [0.1, 0.15) is 6.17 Å². The summed E-state index contributed by atoms with van der Waals surface area (Å²) >= 11 is 0. The van der Waals surface area contributed by atoms with Crippen LogP contribution in [0, 0.1) is 5.41 Å². The molecule has 29 heavy (non-hydrogen) atoms. The molecule has 0 N–H and O–H groups in total. The van der Waals surface area contributed by atoms with E-state index in [0.717, 1.165) is 23.7 Å². The second-order valence-electron chi connectivity index (χ2n) is 8.72. The van der Waals surface area contributed by atoms with E-state index in [9.17, 15) is 0 Å². The van der Waals surface area contributed by atoms with Gasteiger partial charge in [-0.25, -0.2) is 9.97 Å². The number of anilines is 4. The van der Waals surface area contributed by atoms with E-state index in [-0.39, 0.29) is 17.0 Å². The summed E-state index contributed by atoms with van der Waals surface area (Å²) < 4.78 is 0. The van der Waals surface area contributed by atoms with Crippen molar-refractivity contribution in [1.29, 1.82) is 0 Å². The Morgan fingerprint density at radius 3 is 2.21 bits per heavy atom. The first-order chi connectivity index (χ1) is 14.0. The highest BCUT2D eigenvalue weighted by Crippen LogP contribution is 2.62. The van der Waals surface area contributed by atoms with E-state index in [1.807, 2.05) is 0 Å². The summed E-state index contributed by atoms with van der Waals surface area (Å²) in [6, 6.07) is 19.3. The molecule has 5 rings (SSSR count). The zero-order valence-electron chi connectivity index (χ0n) is 17.2. The fraction of sp³-hybridized carbons (Fsp3) is 0.280. The molecule has 0 spiro atoms. The molecule has 0 saturated heterocycles. The summed E-state index contributed by atoms with van der Waals surface area (Å²) in [4.78, 5) is 14.3. The molecule has 2 aliphatic rings. The van der Waals surface area contributed by atoms with Crippen LogP contribution in [0.15, 0.2) is 79.6 Å². The summed E-state index contributed by atoms with van der Waals surface area (Å²) in [6.45, 7) is 11.2. The molecular formula is C25H26N4. The van der Waals surface area contributed by atoms with E-state index in [1.165, 1.54) is 11.3 Å². The normalized spacial score (nSPS) is 23.9. The smallest absolute Gasteiger partial charge is 0.178 e. The predicted molar refractivity (Wildman–Crippen MR) is 119 cm³/mol. The lowest BCUT2D eigenvalue weighted by molar-refractivity contribution is 0.131. The van der Waals surface area contributed by atoms with Crippen molar-refractivity contribution < 1.29 is 0 Å². The van der Waals surface area contributed by atoms with Gasteiger partial charge in [-0.05, 0) is 30.2 Å². The molecule has 0 saturated carbocycles. The highest BCUT2D eigenvalue weighted by atomic mass is 15.5. The molecule has 2 aromatic carbocycles. The summed E-state index contributed by atoms with van der Waals surface area (Å²) in [6.07, 6.45) is 6.59. The Bertz CT molecular complexity index is 1070. The van der Waals surface area contributed by atoms with Gasteiger partial charge in [-0.15, -0.1) is 6.58 Å². The summed E-state index contributed by atoms with van der Waals surface area (Å²) in [7, 11) is 0. The van der Waals surface area contributed by atoms with Crippen molar-refractivity contribution in [3.05, 3.63) is 85.2 Å². The minimum Gasteiger partial charge on any atom is -0.301 e. The molecular weight excluding hydrogens is 356 g/mol. The highest BCUT2D eigenvalue weighted by molar-refractivity contribution is 5.86. The second-order valence-corrected chi connectivity index (χ2v) is 8.72. The summed E-state index contributed by atoms with van der Waals surface area (Å²) in [5, 5.41) is 0. The van der Waals surface area contributed by atoms with E-state index in [4.69, 9.17) is 9.97 Å². The molecule has 2 atom stereocenters. The number of aromatic nitrogens is 2. The number of hydrogen-bond donors (Lipinski definition) is 0. The van der Waals surface area contributed by atoms with E-state index >= 15 is 0 Å². The number of nitrogens with zero attached hydrogens (tertiary/aromatic N) is 4. The molecule has 2 unspecified atom stereocenters. The molecule has 0 bridgehead atoms. The van der Waals surface area contributed by atoms with Gasteiger partial charge in [0.15, 0.2) is 11.6 Å². The molecule has 3 aromatic rings. The Balaban J connectivity index is 1.84. The first-order valence-electron chi connectivity index (χ1n) is 10.2. The zero-order valence-corrected chi connectivity index (χ0v) is 17.2. The molecule has 2 aliphatic heterocycles. The van der Waals surface area contributed by atoms with Crippen LogP contribution in [0.25, 0.3) is 0 Å². The Kier molecular flexibility index (Phi) is 3.82. The number of rotatable bonds is 3. The van der Waals surface area contributed by atoms with Gasteiger partial charge in [-0.2, -0.15) is 0 Å². The summed E-state index contributed by atoms with van der Waals surface area (Å²) in [5.41, 5.74) is 3.49. The van der Waals surface area contributed by atoms with Crippen LogP contribution in [-0.4, -0.2) is 16.1 Å². The standard InChI is InChI=1S/C25H26N4/c1-5-15-25(4)19-13-9-10-14-20(19)29-22-21(26-16-17-27-22)28(23(29)24(25,2)3)18-11-7-6-8-12-18/h5-14,16-17,23H,1,15H2,2-4H3. The SMILES string of the molecule is C=CCC1(C)c2ccccc2N2c3nccnc3N(c3ccccc3)C2C1(C)C. The van der Waals surface area contributed by atoms with Crippen molar-refractivity contribution >= 4 is 23.0 Å². The maximum atomic E-state index is 4.78. The fourth-order valence-corrected chi connectivity index (χ4v) is 5.20. The second kappa shape index (κ2) is 6.18. The molecule has 0 fully saturated rings. The molecule has 0 amide bonds. The van der Waals surface area contributed by atoms with Crippen LogP contribution in [0.3, 0.4) is 0 Å². The number of hydrogen-bond acceptors (Lipinski definition) is 4. The quantitative estimate of drug-likeness (QED) is 0.523. The van der Waals surface area contributed by atoms with Crippen LogP contribution in [0.5, 0.6) is 0 Å². The van der Waals surface area contributed by atoms with Crippen molar-refractivity contribution in [1.82, 2.24) is 9.97 Å². The fourth-order valence-electron chi connectivity index (χ4n) is 5.20. The van der Waals surface area contributed by atoms with Crippen molar-refractivity contribution in [3.8, 4) is 0 Å². The number of fused-ring (bicyclic) bond motifs is 5. The first kappa shape index (κ1) is 17.9. The van der Waals surface area contributed by atoms with Crippen molar-refractivity contribution in [2.45, 2.75) is 38.8 Å². The maximum Gasteiger partial charge on any atom is 0.178 e. The van der Waals surface area contributed by atoms with E-state index < -0.39 is 0 Å². The van der Waals surface area contributed by atoms with Gasteiger partial charge >= 0.3 is 0 Å². The van der Waals surface area contributed by atoms with Gasteiger partial charge in [0.2, 0.25) is 0 Å². The minimum atomic E-state index is -0.117. The van der Waals surface area contributed by atoms with Crippen LogP contribution in [0.4, 0.5) is 23.0 Å². The third-order valence-corrected chi connectivity index (χ3v) is 7.02. The molecule has 4 nitrogen and oxygen atoms in total. The average Bonchev–Trinajstić information content (AvgIpc) is 3.10. The van der Waals surface area contributed by atoms with Gasteiger partial charge in [0.05, 0.1) is 0 Å². The molecule has 4 heteroatoms. The van der Waals surface area contributed by atoms with Crippen LogP contribution in [0.1, 0.15) is 32.8 Å². The topological polar surface area (TPSA) is 32.3 Å². The molecule has 0 aliphatic carbocycles. The lowest BCUT2D eigenvalue weighted by atomic mass is 9.57. The van der Waals surface area contributed by atoms with Gasteiger partial charge in [0.25, 0.3) is 0 Å². The molecule has 3 heterocycles. The van der Waals surface area contributed by atoms with Gasteiger partial charge in [0, 0.05) is 34.6 Å². The predicted octanol–water partition coefficient (Wildman–Crippen LogP) is 5.97. The maximum absolute atomic E-state index is 4.78.